The van der Waals surface area contributed by atoms with Gasteiger partial charge in [0.05, 0.1) is 10.8 Å². The number of nitrogens with one attached hydrogen (secondary N) is 1. The minimum absolute atomic E-state index is 0.0209. The van der Waals surface area contributed by atoms with E-state index in [-0.39, 0.29) is 35.7 Å². The van der Waals surface area contributed by atoms with Gasteiger partial charge in [0, 0.05) is 44.3 Å². The van der Waals surface area contributed by atoms with Crippen LogP contribution >= 0.6 is 0 Å². The zero-order chi connectivity index (χ0) is 18.2. The van der Waals surface area contributed by atoms with E-state index in [9.17, 15) is 18.0 Å². The van der Waals surface area contributed by atoms with Crippen LogP contribution in [0, 0.1) is 5.92 Å². The maximum absolute atomic E-state index is 12.8. The van der Waals surface area contributed by atoms with Gasteiger partial charge < -0.3 is 15.1 Å². The molecule has 0 aliphatic carbocycles. The van der Waals surface area contributed by atoms with E-state index < -0.39 is 15.9 Å². The minimum atomic E-state index is -3.85. The van der Waals surface area contributed by atoms with Gasteiger partial charge in [-0.25, -0.2) is 13.6 Å². The third kappa shape index (κ3) is 3.68. The number of primary sulfonamides is 1. The average molecular weight is 366 g/mol. The Kier molecular flexibility index (Phi) is 4.81. The molecule has 9 heteroatoms. The molecule has 0 aromatic heterocycles. The molecule has 1 aromatic carbocycles. The van der Waals surface area contributed by atoms with Crippen LogP contribution in [0.25, 0.3) is 0 Å². The van der Waals surface area contributed by atoms with Crippen molar-refractivity contribution in [2.45, 2.75) is 24.3 Å². The van der Waals surface area contributed by atoms with Crippen molar-refractivity contribution >= 4 is 27.5 Å². The maximum atomic E-state index is 12.8. The highest BCUT2D eigenvalue weighted by Gasteiger charge is 2.38. The van der Waals surface area contributed by atoms with Crippen molar-refractivity contribution in [1.82, 2.24) is 10.2 Å². The van der Waals surface area contributed by atoms with Gasteiger partial charge in [0.2, 0.25) is 21.8 Å². The van der Waals surface area contributed by atoms with Crippen molar-refractivity contribution in [3.05, 3.63) is 24.3 Å². The monoisotopic (exact) mass is 366 g/mol. The highest BCUT2D eigenvalue weighted by Crippen LogP contribution is 2.28. The molecule has 1 unspecified atom stereocenters. The van der Waals surface area contributed by atoms with Crippen LogP contribution in [0.3, 0.4) is 0 Å². The Morgan fingerprint density at radius 2 is 2.12 bits per heavy atom. The summed E-state index contributed by atoms with van der Waals surface area (Å²) in [5.74, 6) is -0.619. The second-order valence-corrected chi connectivity index (χ2v) is 8.09. The number of nitrogens with zero attached hydrogens (tertiary/aromatic N) is 2. The van der Waals surface area contributed by atoms with E-state index in [0.29, 0.717) is 12.2 Å². The molecule has 0 saturated carbocycles. The summed E-state index contributed by atoms with van der Waals surface area (Å²) in [7, 11) is -3.85. The van der Waals surface area contributed by atoms with Crippen molar-refractivity contribution in [3.8, 4) is 0 Å². The Balaban J connectivity index is 1.78. The summed E-state index contributed by atoms with van der Waals surface area (Å²) >= 11 is 0. The third-order valence-electron chi connectivity index (χ3n) is 4.72. The Labute approximate surface area is 147 Å². The molecule has 2 saturated heterocycles. The lowest BCUT2D eigenvalue weighted by Gasteiger charge is -2.35. The second-order valence-electron chi connectivity index (χ2n) is 6.53. The molecular weight excluding hydrogens is 344 g/mol. The smallest absolute Gasteiger partial charge is 0.238 e. The van der Waals surface area contributed by atoms with Gasteiger partial charge in [-0.05, 0) is 25.1 Å². The van der Waals surface area contributed by atoms with Gasteiger partial charge in [0.1, 0.15) is 0 Å². The van der Waals surface area contributed by atoms with E-state index in [4.69, 9.17) is 5.14 Å². The molecule has 2 atom stereocenters. The molecule has 25 heavy (non-hydrogen) atoms. The van der Waals surface area contributed by atoms with Gasteiger partial charge in [-0.3, -0.25) is 9.59 Å². The van der Waals surface area contributed by atoms with Gasteiger partial charge in [-0.1, -0.05) is 6.07 Å². The van der Waals surface area contributed by atoms with Crippen LogP contribution in [-0.4, -0.2) is 57.4 Å². The number of anilines is 1. The first-order chi connectivity index (χ1) is 11.8. The molecule has 2 heterocycles. The molecule has 0 spiro atoms. The zero-order valence-electron chi connectivity index (χ0n) is 14.0. The largest absolute Gasteiger partial charge is 0.337 e. The standard InChI is InChI=1S/C16H22N4O4S/c1-11-9-18-5-6-19(11)16(22)12-7-15(21)20(10-12)13-3-2-4-14(8-13)25(17,23)24/h2-4,8,11-12,18H,5-7,9-10H2,1H3,(H2,17,23,24)/t11-,12?/m1/s1. The summed E-state index contributed by atoms with van der Waals surface area (Å²) in [4.78, 5) is 28.4. The lowest BCUT2D eigenvalue weighted by atomic mass is 10.1. The molecule has 2 aliphatic heterocycles. The van der Waals surface area contributed by atoms with Gasteiger partial charge in [0.25, 0.3) is 0 Å². The number of hydrogen-bond donors (Lipinski definition) is 2. The second kappa shape index (κ2) is 6.74. The van der Waals surface area contributed by atoms with Crippen LogP contribution in [0.1, 0.15) is 13.3 Å². The molecule has 0 bridgehead atoms. The Hall–Kier alpha value is -1.97. The molecule has 0 radical (unpaired) electrons. The van der Waals surface area contributed by atoms with E-state index in [1.54, 1.807) is 6.07 Å². The van der Waals surface area contributed by atoms with Crippen molar-refractivity contribution in [3.63, 3.8) is 0 Å². The van der Waals surface area contributed by atoms with Gasteiger partial charge in [-0.15, -0.1) is 0 Å². The highest BCUT2D eigenvalue weighted by atomic mass is 32.2. The van der Waals surface area contributed by atoms with Crippen LogP contribution in [-0.2, 0) is 19.6 Å². The first kappa shape index (κ1) is 17.8. The number of carbonyl (C=O) groups is 2. The van der Waals surface area contributed by atoms with E-state index >= 15 is 0 Å². The lowest BCUT2D eigenvalue weighted by Crippen LogP contribution is -2.54. The molecule has 2 aliphatic rings. The molecule has 136 valence electrons. The molecule has 2 fully saturated rings. The minimum Gasteiger partial charge on any atom is -0.337 e. The highest BCUT2D eigenvalue weighted by molar-refractivity contribution is 7.89. The molecule has 3 rings (SSSR count). The SMILES string of the molecule is C[C@@H]1CNCCN1C(=O)C1CC(=O)N(c2cccc(S(N)(=O)=O)c2)C1. The summed E-state index contributed by atoms with van der Waals surface area (Å²) in [6, 6.07) is 6.02. The quantitative estimate of drug-likeness (QED) is 0.749. The van der Waals surface area contributed by atoms with Crippen LogP contribution in [0.2, 0.25) is 0 Å². The predicted molar refractivity (Wildman–Crippen MR) is 92.3 cm³/mol. The van der Waals surface area contributed by atoms with E-state index in [0.717, 1.165) is 13.1 Å². The molecular formula is C16H22N4O4S. The summed E-state index contributed by atoms with van der Waals surface area (Å²) in [6.07, 6.45) is 0.134. The molecule has 2 amide bonds. The van der Waals surface area contributed by atoms with E-state index in [2.05, 4.69) is 5.32 Å². The fourth-order valence-electron chi connectivity index (χ4n) is 3.35. The normalized spacial score (nSPS) is 24.6. The first-order valence-electron chi connectivity index (χ1n) is 8.22. The number of sulfonamides is 1. The average Bonchev–Trinajstić information content (AvgIpc) is 2.96. The van der Waals surface area contributed by atoms with Crippen LogP contribution in [0.4, 0.5) is 5.69 Å². The van der Waals surface area contributed by atoms with Gasteiger partial charge in [0.15, 0.2) is 0 Å². The summed E-state index contributed by atoms with van der Waals surface area (Å²) in [5.41, 5.74) is 0.445. The van der Waals surface area contributed by atoms with Crippen molar-refractivity contribution in [2.24, 2.45) is 11.1 Å². The van der Waals surface area contributed by atoms with Gasteiger partial charge >= 0.3 is 0 Å². The Morgan fingerprint density at radius 1 is 1.36 bits per heavy atom. The number of nitrogens with two attached hydrogens (primary N) is 1. The number of rotatable bonds is 3. The number of hydrogen-bond acceptors (Lipinski definition) is 5. The van der Waals surface area contributed by atoms with Crippen molar-refractivity contribution in [1.29, 1.82) is 0 Å². The third-order valence-corrected chi connectivity index (χ3v) is 5.63. The Bertz CT molecular complexity index is 795. The Morgan fingerprint density at radius 3 is 2.80 bits per heavy atom. The number of amides is 2. The van der Waals surface area contributed by atoms with Crippen molar-refractivity contribution in [2.75, 3.05) is 31.1 Å². The first-order valence-corrected chi connectivity index (χ1v) is 9.76. The van der Waals surface area contributed by atoms with Crippen LogP contribution in [0.5, 0.6) is 0 Å². The van der Waals surface area contributed by atoms with E-state index in [1.165, 1.54) is 23.1 Å². The number of piperazine rings is 1. The topological polar surface area (TPSA) is 113 Å². The fourth-order valence-corrected chi connectivity index (χ4v) is 3.91. The zero-order valence-corrected chi connectivity index (χ0v) is 14.8. The fraction of sp³-hybridized carbons (Fsp3) is 0.500. The molecule has 1 aromatic rings. The molecule has 3 N–H and O–H groups in total. The number of carbonyl (C=O) groups excluding carboxylic acids is 2. The van der Waals surface area contributed by atoms with Crippen LogP contribution in [0.15, 0.2) is 29.2 Å². The molecule has 8 nitrogen and oxygen atoms in total. The summed E-state index contributed by atoms with van der Waals surface area (Å²) in [6.45, 7) is 4.35. The maximum Gasteiger partial charge on any atom is 0.238 e. The van der Waals surface area contributed by atoms with Gasteiger partial charge in [-0.2, -0.15) is 0 Å². The van der Waals surface area contributed by atoms with Crippen molar-refractivity contribution < 1.29 is 18.0 Å². The van der Waals surface area contributed by atoms with E-state index in [1.807, 2.05) is 11.8 Å². The van der Waals surface area contributed by atoms with Crippen LogP contribution < -0.4 is 15.4 Å². The summed E-state index contributed by atoms with van der Waals surface area (Å²) in [5, 5.41) is 8.38. The predicted octanol–water partition coefficient (Wildman–Crippen LogP) is -0.493. The number of benzene rings is 1. The lowest BCUT2D eigenvalue weighted by molar-refractivity contribution is -0.138. The summed E-state index contributed by atoms with van der Waals surface area (Å²) < 4.78 is 23.0.